The Morgan fingerprint density at radius 3 is 2.52 bits per heavy atom. The fourth-order valence-corrected chi connectivity index (χ4v) is 2.05. The molecule has 0 unspecified atom stereocenters. The van der Waals surface area contributed by atoms with Gasteiger partial charge in [0.15, 0.2) is 0 Å². The summed E-state index contributed by atoms with van der Waals surface area (Å²) in [6, 6.07) is 15.1. The number of anilines is 1. The minimum Gasteiger partial charge on any atom is -0.438 e. The lowest BCUT2D eigenvalue weighted by Gasteiger charge is -2.10. The molecule has 2 heterocycles. The maximum Gasteiger partial charge on any atom is 0.227 e. The number of hydrogen-bond donors (Lipinski definition) is 1. The van der Waals surface area contributed by atoms with Crippen LogP contribution in [0.3, 0.4) is 0 Å². The number of pyridine rings is 2. The van der Waals surface area contributed by atoms with Gasteiger partial charge in [0, 0.05) is 29.3 Å². The zero-order chi connectivity index (χ0) is 14.7. The lowest BCUT2D eigenvalue weighted by molar-refractivity contribution is 0.465. The standard InChI is InChI=1S/C17H15N3O/c1-12-11-13(8-10-19-12)16-3-2-9-20-17(16)21-15-6-4-14(18)5-7-15/h2-11H,18H2,1H3. The van der Waals surface area contributed by atoms with Crippen molar-refractivity contribution in [2.24, 2.45) is 0 Å². The molecular formula is C17H15N3O. The van der Waals surface area contributed by atoms with Crippen molar-refractivity contribution in [1.29, 1.82) is 0 Å². The van der Waals surface area contributed by atoms with E-state index < -0.39 is 0 Å². The highest BCUT2D eigenvalue weighted by Crippen LogP contribution is 2.31. The van der Waals surface area contributed by atoms with Crippen LogP contribution in [0.25, 0.3) is 11.1 Å². The van der Waals surface area contributed by atoms with E-state index in [4.69, 9.17) is 10.5 Å². The molecule has 0 aliphatic rings. The zero-order valence-electron chi connectivity index (χ0n) is 11.7. The summed E-state index contributed by atoms with van der Waals surface area (Å²) in [4.78, 5) is 8.54. The van der Waals surface area contributed by atoms with Crippen molar-refractivity contribution in [2.45, 2.75) is 6.92 Å². The molecule has 2 N–H and O–H groups in total. The first kappa shape index (κ1) is 13.1. The molecule has 0 saturated heterocycles. The number of hydrogen-bond acceptors (Lipinski definition) is 4. The van der Waals surface area contributed by atoms with Crippen molar-refractivity contribution in [3.8, 4) is 22.8 Å². The van der Waals surface area contributed by atoms with Crippen LogP contribution >= 0.6 is 0 Å². The Bertz CT molecular complexity index is 754. The monoisotopic (exact) mass is 277 g/mol. The minimum absolute atomic E-state index is 0.563. The second-order valence-electron chi connectivity index (χ2n) is 4.71. The van der Waals surface area contributed by atoms with Gasteiger partial charge in [0.1, 0.15) is 5.75 Å². The highest BCUT2D eigenvalue weighted by Gasteiger charge is 2.08. The van der Waals surface area contributed by atoms with E-state index in [0.29, 0.717) is 17.3 Å². The number of ether oxygens (including phenoxy) is 1. The van der Waals surface area contributed by atoms with Crippen molar-refractivity contribution in [3.05, 3.63) is 66.6 Å². The number of rotatable bonds is 3. The normalized spacial score (nSPS) is 10.3. The van der Waals surface area contributed by atoms with Gasteiger partial charge in [-0.25, -0.2) is 4.98 Å². The molecule has 4 heteroatoms. The van der Waals surface area contributed by atoms with Crippen LogP contribution in [0.2, 0.25) is 0 Å². The summed E-state index contributed by atoms with van der Waals surface area (Å²) in [5, 5.41) is 0. The van der Waals surface area contributed by atoms with Crippen molar-refractivity contribution < 1.29 is 4.74 Å². The molecule has 3 aromatic rings. The maximum atomic E-state index is 5.87. The molecule has 0 aliphatic carbocycles. The molecule has 0 saturated carbocycles. The lowest BCUT2D eigenvalue weighted by atomic mass is 10.1. The molecule has 3 rings (SSSR count). The third-order valence-electron chi connectivity index (χ3n) is 3.07. The van der Waals surface area contributed by atoms with Crippen LogP contribution in [0.5, 0.6) is 11.6 Å². The lowest BCUT2D eigenvalue weighted by Crippen LogP contribution is -1.92. The van der Waals surface area contributed by atoms with Gasteiger partial charge in [-0.1, -0.05) is 0 Å². The Labute approximate surface area is 123 Å². The quantitative estimate of drug-likeness (QED) is 0.739. The molecule has 0 radical (unpaired) electrons. The minimum atomic E-state index is 0.563. The Kier molecular flexibility index (Phi) is 3.51. The summed E-state index contributed by atoms with van der Waals surface area (Å²) in [5.74, 6) is 1.27. The molecular weight excluding hydrogens is 262 g/mol. The van der Waals surface area contributed by atoms with Gasteiger partial charge in [0.25, 0.3) is 0 Å². The van der Waals surface area contributed by atoms with Gasteiger partial charge < -0.3 is 10.5 Å². The van der Waals surface area contributed by atoms with E-state index >= 15 is 0 Å². The van der Waals surface area contributed by atoms with E-state index in [1.54, 1.807) is 24.5 Å². The van der Waals surface area contributed by atoms with E-state index in [2.05, 4.69) is 9.97 Å². The summed E-state index contributed by atoms with van der Waals surface area (Å²) in [6.07, 6.45) is 3.49. The van der Waals surface area contributed by atoms with Gasteiger partial charge in [0.2, 0.25) is 5.88 Å². The first-order valence-electron chi connectivity index (χ1n) is 6.64. The summed E-state index contributed by atoms with van der Waals surface area (Å²) < 4.78 is 5.87. The predicted molar refractivity (Wildman–Crippen MR) is 83.1 cm³/mol. The van der Waals surface area contributed by atoms with Crippen LogP contribution in [0.4, 0.5) is 5.69 Å². The molecule has 21 heavy (non-hydrogen) atoms. The Morgan fingerprint density at radius 2 is 1.76 bits per heavy atom. The molecule has 0 aliphatic heterocycles. The molecule has 2 aromatic heterocycles. The molecule has 4 nitrogen and oxygen atoms in total. The highest BCUT2D eigenvalue weighted by atomic mass is 16.5. The van der Waals surface area contributed by atoms with Crippen LogP contribution in [0.15, 0.2) is 60.9 Å². The van der Waals surface area contributed by atoms with Crippen LogP contribution in [-0.4, -0.2) is 9.97 Å². The molecule has 104 valence electrons. The Hall–Kier alpha value is -2.88. The number of aromatic nitrogens is 2. The maximum absolute atomic E-state index is 5.87. The van der Waals surface area contributed by atoms with Gasteiger partial charge in [-0.2, -0.15) is 0 Å². The molecule has 0 amide bonds. The first-order chi connectivity index (χ1) is 10.2. The smallest absolute Gasteiger partial charge is 0.227 e. The topological polar surface area (TPSA) is 61.0 Å². The van der Waals surface area contributed by atoms with Gasteiger partial charge in [-0.05, 0) is 61.0 Å². The molecule has 0 spiro atoms. The number of nitrogen functional groups attached to an aromatic ring is 1. The van der Waals surface area contributed by atoms with Crippen LogP contribution in [-0.2, 0) is 0 Å². The van der Waals surface area contributed by atoms with E-state index in [-0.39, 0.29) is 0 Å². The SMILES string of the molecule is Cc1cc(-c2cccnc2Oc2ccc(N)cc2)ccn1. The van der Waals surface area contributed by atoms with Crippen molar-refractivity contribution >= 4 is 5.69 Å². The van der Waals surface area contributed by atoms with Gasteiger partial charge in [-0.15, -0.1) is 0 Å². The molecule has 1 aromatic carbocycles. The number of nitrogens with two attached hydrogens (primary N) is 1. The Morgan fingerprint density at radius 1 is 0.952 bits per heavy atom. The van der Waals surface area contributed by atoms with E-state index in [1.807, 2.05) is 43.3 Å². The third-order valence-corrected chi connectivity index (χ3v) is 3.07. The third kappa shape index (κ3) is 3.00. The number of benzene rings is 1. The van der Waals surface area contributed by atoms with Crippen LogP contribution < -0.4 is 10.5 Å². The summed E-state index contributed by atoms with van der Waals surface area (Å²) in [6.45, 7) is 1.96. The zero-order valence-corrected chi connectivity index (χ0v) is 11.7. The van der Waals surface area contributed by atoms with Crippen LogP contribution in [0, 0.1) is 6.92 Å². The average Bonchev–Trinajstić information content (AvgIpc) is 2.50. The largest absolute Gasteiger partial charge is 0.438 e. The fourth-order valence-electron chi connectivity index (χ4n) is 2.05. The summed E-state index contributed by atoms with van der Waals surface area (Å²) in [7, 11) is 0. The van der Waals surface area contributed by atoms with Crippen molar-refractivity contribution in [2.75, 3.05) is 5.73 Å². The van der Waals surface area contributed by atoms with E-state index in [0.717, 1.165) is 16.8 Å². The molecule has 0 atom stereocenters. The van der Waals surface area contributed by atoms with E-state index in [9.17, 15) is 0 Å². The van der Waals surface area contributed by atoms with E-state index in [1.165, 1.54) is 0 Å². The Balaban J connectivity index is 1.98. The second kappa shape index (κ2) is 5.63. The van der Waals surface area contributed by atoms with Gasteiger partial charge in [0.05, 0.1) is 0 Å². The van der Waals surface area contributed by atoms with Crippen molar-refractivity contribution in [3.63, 3.8) is 0 Å². The summed E-state index contributed by atoms with van der Waals surface area (Å²) in [5.41, 5.74) is 9.29. The second-order valence-corrected chi connectivity index (χ2v) is 4.71. The van der Waals surface area contributed by atoms with Gasteiger partial charge in [-0.3, -0.25) is 4.98 Å². The van der Waals surface area contributed by atoms with Crippen LogP contribution in [0.1, 0.15) is 5.69 Å². The highest BCUT2D eigenvalue weighted by molar-refractivity contribution is 5.68. The van der Waals surface area contributed by atoms with Gasteiger partial charge >= 0.3 is 0 Å². The number of nitrogens with zero attached hydrogens (tertiary/aromatic N) is 2. The predicted octanol–water partition coefficient (Wildman–Crippen LogP) is 3.83. The first-order valence-corrected chi connectivity index (χ1v) is 6.64. The molecule has 0 bridgehead atoms. The summed E-state index contributed by atoms with van der Waals surface area (Å²) >= 11 is 0. The molecule has 0 fully saturated rings. The van der Waals surface area contributed by atoms with Crippen molar-refractivity contribution in [1.82, 2.24) is 9.97 Å². The fraction of sp³-hybridized carbons (Fsp3) is 0.0588. The average molecular weight is 277 g/mol. The number of aryl methyl sites for hydroxylation is 1.